The average molecular weight is 265 g/mol. The molecule has 0 radical (unpaired) electrons. The Morgan fingerprint density at radius 1 is 1.27 bits per heavy atom. The maximum Gasteiger partial charge on any atom is 0.105 e. The monoisotopic (exact) mass is 264 g/mol. The standard InChI is InChI=1S/C12H13BrN2/c13-10-5-3-4-9-8-15-7-2-1-6-11(15)14-12(9)10/h3-5H,1-2,6-8H2. The molecule has 78 valence electrons. The first-order chi connectivity index (χ1) is 7.34. The first-order valence-electron chi connectivity index (χ1n) is 5.44. The Balaban J connectivity index is 2.07. The van der Waals surface area contributed by atoms with E-state index in [9.17, 15) is 0 Å². The highest BCUT2D eigenvalue weighted by Crippen LogP contribution is 2.35. The van der Waals surface area contributed by atoms with Crippen molar-refractivity contribution in [3.05, 3.63) is 28.2 Å². The molecule has 1 aromatic rings. The Kier molecular flexibility index (Phi) is 2.28. The number of fused-ring (bicyclic) bond motifs is 2. The number of rotatable bonds is 0. The zero-order valence-corrected chi connectivity index (χ0v) is 10.1. The van der Waals surface area contributed by atoms with Gasteiger partial charge in [0.05, 0.1) is 5.69 Å². The van der Waals surface area contributed by atoms with Crippen molar-refractivity contribution in [1.29, 1.82) is 0 Å². The van der Waals surface area contributed by atoms with E-state index in [1.54, 1.807) is 0 Å². The second-order valence-electron chi connectivity index (χ2n) is 4.15. The molecule has 0 N–H and O–H groups in total. The molecule has 15 heavy (non-hydrogen) atoms. The molecule has 0 spiro atoms. The number of aliphatic imine (C=N–C) groups is 1. The molecule has 0 atom stereocenters. The maximum absolute atomic E-state index is 4.76. The van der Waals surface area contributed by atoms with Crippen molar-refractivity contribution in [3.8, 4) is 0 Å². The summed E-state index contributed by atoms with van der Waals surface area (Å²) in [6.45, 7) is 2.21. The lowest BCUT2D eigenvalue weighted by molar-refractivity contribution is 0.359. The van der Waals surface area contributed by atoms with Crippen molar-refractivity contribution in [2.75, 3.05) is 6.54 Å². The van der Waals surface area contributed by atoms with E-state index in [2.05, 4.69) is 39.0 Å². The number of benzene rings is 1. The Hall–Kier alpha value is -0.830. The van der Waals surface area contributed by atoms with Gasteiger partial charge in [0.15, 0.2) is 0 Å². The molecular formula is C12H13BrN2. The number of hydrogen-bond donors (Lipinski definition) is 0. The van der Waals surface area contributed by atoms with Crippen LogP contribution in [-0.4, -0.2) is 17.3 Å². The van der Waals surface area contributed by atoms with Crippen molar-refractivity contribution in [2.45, 2.75) is 25.8 Å². The van der Waals surface area contributed by atoms with Crippen LogP contribution in [0.5, 0.6) is 0 Å². The molecule has 2 heterocycles. The Morgan fingerprint density at radius 3 is 3.13 bits per heavy atom. The van der Waals surface area contributed by atoms with Crippen LogP contribution in [0.4, 0.5) is 5.69 Å². The first kappa shape index (κ1) is 9.40. The number of amidine groups is 1. The van der Waals surface area contributed by atoms with Crippen LogP contribution in [-0.2, 0) is 6.54 Å². The minimum Gasteiger partial charge on any atom is -0.356 e. The summed E-state index contributed by atoms with van der Waals surface area (Å²) in [5, 5.41) is 0. The zero-order valence-electron chi connectivity index (χ0n) is 8.54. The molecule has 0 amide bonds. The number of nitrogens with zero attached hydrogens (tertiary/aromatic N) is 2. The fraction of sp³-hybridized carbons (Fsp3) is 0.417. The van der Waals surface area contributed by atoms with Crippen molar-refractivity contribution in [1.82, 2.24) is 4.90 Å². The predicted octanol–water partition coefficient (Wildman–Crippen LogP) is 3.48. The van der Waals surface area contributed by atoms with Gasteiger partial charge < -0.3 is 4.90 Å². The van der Waals surface area contributed by atoms with Crippen LogP contribution < -0.4 is 0 Å². The van der Waals surface area contributed by atoms with Crippen LogP contribution in [0.2, 0.25) is 0 Å². The quantitative estimate of drug-likeness (QED) is 0.701. The lowest BCUT2D eigenvalue weighted by Crippen LogP contribution is -2.36. The molecule has 2 aliphatic heterocycles. The van der Waals surface area contributed by atoms with Gasteiger partial charge in [-0.1, -0.05) is 12.1 Å². The van der Waals surface area contributed by atoms with E-state index in [0.717, 1.165) is 23.1 Å². The molecule has 2 aliphatic rings. The van der Waals surface area contributed by atoms with Crippen LogP contribution >= 0.6 is 15.9 Å². The van der Waals surface area contributed by atoms with Crippen LogP contribution in [0.15, 0.2) is 27.7 Å². The van der Waals surface area contributed by atoms with Crippen LogP contribution in [0.25, 0.3) is 0 Å². The van der Waals surface area contributed by atoms with Crippen LogP contribution in [0.1, 0.15) is 24.8 Å². The number of piperidine rings is 1. The van der Waals surface area contributed by atoms with Gasteiger partial charge in [-0.15, -0.1) is 0 Å². The molecule has 1 fully saturated rings. The maximum atomic E-state index is 4.76. The van der Waals surface area contributed by atoms with Crippen molar-refractivity contribution in [2.24, 2.45) is 4.99 Å². The normalized spacial score (nSPS) is 19.3. The van der Waals surface area contributed by atoms with E-state index in [4.69, 9.17) is 4.99 Å². The van der Waals surface area contributed by atoms with Gasteiger partial charge in [-0.3, -0.25) is 0 Å². The average Bonchev–Trinajstić information content (AvgIpc) is 2.27. The minimum atomic E-state index is 1.04. The SMILES string of the molecule is Brc1cccc2c1N=C1CCCCN1C2. The highest BCUT2D eigenvalue weighted by molar-refractivity contribution is 9.10. The summed E-state index contributed by atoms with van der Waals surface area (Å²) in [6.07, 6.45) is 3.73. The summed E-state index contributed by atoms with van der Waals surface area (Å²) in [7, 11) is 0. The predicted molar refractivity (Wildman–Crippen MR) is 65.5 cm³/mol. The van der Waals surface area contributed by atoms with Gasteiger partial charge in [0.2, 0.25) is 0 Å². The number of para-hydroxylation sites is 1. The zero-order chi connectivity index (χ0) is 10.3. The largest absolute Gasteiger partial charge is 0.356 e. The van der Waals surface area contributed by atoms with Crippen molar-refractivity contribution >= 4 is 27.5 Å². The first-order valence-corrected chi connectivity index (χ1v) is 6.24. The molecule has 0 aromatic heterocycles. The Bertz CT molecular complexity index is 426. The summed E-state index contributed by atoms with van der Waals surface area (Å²) >= 11 is 3.57. The molecule has 2 nitrogen and oxygen atoms in total. The Labute approximate surface area is 98.1 Å². The molecule has 0 saturated carbocycles. The lowest BCUT2D eigenvalue weighted by atomic mass is 10.0. The summed E-state index contributed by atoms with van der Waals surface area (Å²) in [5.41, 5.74) is 2.49. The highest BCUT2D eigenvalue weighted by atomic mass is 79.9. The summed E-state index contributed by atoms with van der Waals surface area (Å²) in [5.74, 6) is 1.28. The molecular weight excluding hydrogens is 252 g/mol. The molecule has 0 bridgehead atoms. The van der Waals surface area contributed by atoms with Gasteiger partial charge in [-0.2, -0.15) is 0 Å². The second-order valence-corrected chi connectivity index (χ2v) is 5.01. The smallest absolute Gasteiger partial charge is 0.105 e. The molecule has 3 heteroatoms. The van der Waals surface area contributed by atoms with Gasteiger partial charge in [0.1, 0.15) is 5.84 Å². The third-order valence-corrected chi connectivity index (χ3v) is 3.76. The lowest BCUT2D eigenvalue weighted by Gasteiger charge is -2.34. The molecule has 1 aromatic carbocycles. The fourth-order valence-corrected chi connectivity index (χ4v) is 2.81. The molecule has 0 unspecified atom stereocenters. The molecule has 1 saturated heterocycles. The van der Waals surface area contributed by atoms with Gasteiger partial charge >= 0.3 is 0 Å². The van der Waals surface area contributed by atoms with Crippen molar-refractivity contribution in [3.63, 3.8) is 0 Å². The fourth-order valence-electron chi connectivity index (χ4n) is 2.32. The third kappa shape index (κ3) is 1.59. The number of halogens is 1. The van der Waals surface area contributed by atoms with Crippen LogP contribution in [0, 0.1) is 0 Å². The second kappa shape index (κ2) is 3.63. The van der Waals surface area contributed by atoms with E-state index in [-0.39, 0.29) is 0 Å². The van der Waals surface area contributed by atoms with Gasteiger partial charge in [0.25, 0.3) is 0 Å². The van der Waals surface area contributed by atoms with E-state index < -0.39 is 0 Å². The van der Waals surface area contributed by atoms with Gasteiger partial charge in [-0.05, 0) is 40.4 Å². The topological polar surface area (TPSA) is 15.6 Å². The van der Waals surface area contributed by atoms with E-state index in [1.807, 2.05) is 0 Å². The molecule has 3 rings (SSSR count). The summed E-state index contributed by atoms with van der Waals surface area (Å²) in [4.78, 5) is 7.18. The van der Waals surface area contributed by atoms with Crippen LogP contribution in [0.3, 0.4) is 0 Å². The number of hydrogen-bond acceptors (Lipinski definition) is 2. The minimum absolute atomic E-state index is 1.04. The van der Waals surface area contributed by atoms with E-state index in [0.29, 0.717) is 0 Å². The summed E-state index contributed by atoms with van der Waals surface area (Å²) in [6, 6.07) is 6.34. The molecule has 0 aliphatic carbocycles. The van der Waals surface area contributed by atoms with Gasteiger partial charge in [-0.25, -0.2) is 4.99 Å². The van der Waals surface area contributed by atoms with Gasteiger partial charge in [0, 0.05) is 24.0 Å². The van der Waals surface area contributed by atoms with E-state index in [1.165, 1.54) is 30.8 Å². The Morgan fingerprint density at radius 2 is 2.20 bits per heavy atom. The summed E-state index contributed by atoms with van der Waals surface area (Å²) < 4.78 is 1.12. The van der Waals surface area contributed by atoms with Crippen molar-refractivity contribution < 1.29 is 0 Å². The highest BCUT2D eigenvalue weighted by Gasteiger charge is 2.22. The van der Waals surface area contributed by atoms with E-state index >= 15 is 0 Å². The third-order valence-electron chi connectivity index (χ3n) is 3.12.